The minimum atomic E-state index is -0.304. The van der Waals surface area contributed by atoms with Crippen LogP contribution in [0.15, 0.2) is 4.99 Å². The van der Waals surface area contributed by atoms with Gasteiger partial charge in [-0.2, -0.15) is 0 Å². The molecule has 0 saturated carbocycles. The molecule has 4 nitrogen and oxygen atoms in total. The minimum Gasteiger partial charge on any atom is -0.358 e. The van der Waals surface area contributed by atoms with E-state index in [0.717, 1.165) is 17.3 Å². The molecule has 0 amide bonds. The Bertz CT molecular complexity index is 158. The smallest absolute Gasteiger partial charge is 0.161 e. The molecule has 0 aliphatic carbocycles. The number of nitrogens with one attached hydrogen (secondary N) is 1. The summed E-state index contributed by atoms with van der Waals surface area (Å²) in [4.78, 5) is 6.29. The van der Waals surface area contributed by atoms with Crippen molar-refractivity contribution in [3.8, 4) is 0 Å². The highest BCUT2D eigenvalue weighted by molar-refractivity contribution is 8.13. The zero-order valence-electron chi connectivity index (χ0n) is 8.87. The van der Waals surface area contributed by atoms with Gasteiger partial charge in [-0.15, -0.1) is 0 Å². The van der Waals surface area contributed by atoms with Crippen LogP contribution < -0.4 is 11.1 Å². The van der Waals surface area contributed by atoms with E-state index in [-0.39, 0.29) is 6.29 Å². The quantitative estimate of drug-likeness (QED) is 0.398. The Balaban J connectivity index is 4.14. The predicted molar refractivity (Wildman–Crippen MR) is 60.9 cm³/mol. The molecule has 0 spiro atoms. The molecule has 13 heavy (non-hydrogen) atoms. The average Bonchev–Trinajstić information content (AvgIpc) is 2.11. The minimum absolute atomic E-state index is 0.304. The summed E-state index contributed by atoms with van der Waals surface area (Å²) in [5.41, 5.74) is 5.64. The van der Waals surface area contributed by atoms with Crippen LogP contribution in [0.5, 0.6) is 0 Å². The first kappa shape index (κ1) is 12.7. The third kappa shape index (κ3) is 5.90. The number of thioether (sulfide) groups is 1. The fourth-order valence-corrected chi connectivity index (χ4v) is 1.49. The monoisotopic (exact) mass is 204 g/mol. The van der Waals surface area contributed by atoms with Crippen LogP contribution in [0, 0.1) is 0 Å². The standard InChI is InChI=1S/C8H20N4S/c1-5-6-13-8(12(3)4)11-7(9)10-2/h7,10H,5-6,9H2,1-4H3. The van der Waals surface area contributed by atoms with Gasteiger partial charge in [-0.25, -0.2) is 4.99 Å². The summed E-state index contributed by atoms with van der Waals surface area (Å²) in [6, 6.07) is 0. The van der Waals surface area contributed by atoms with Crippen molar-refractivity contribution in [2.24, 2.45) is 10.7 Å². The molecule has 0 aliphatic heterocycles. The van der Waals surface area contributed by atoms with E-state index in [1.54, 1.807) is 18.8 Å². The summed E-state index contributed by atoms with van der Waals surface area (Å²) in [5, 5.41) is 3.85. The van der Waals surface area contributed by atoms with Crippen molar-refractivity contribution in [2.45, 2.75) is 19.6 Å². The van der Waals surface area contributed by atoms with E-state index >= 15 is 0 Å². The Kier molecular flexibility index (Phi) is 7.03. The second kappa shape index (κ2) is 7.17. The molecule has 0 rings (SSSR count). The lowest BCUT2D eigenvalue weighted by atomic mass is 10.6. The fraction of sp³-hybridized carbons (Fsp3) is 0.875. The largest absolute Gasteiger partial charge is 0.358 e. The Labute approximate surface area is 85.0 Å². The number of nitrogens with two attached hydrogens (primary N) is 1. The fourth-order valence-electron chi connectivity index (χ4n) is 0.659. The molecule has 78 valence electrons. The van der Waals surface area contributed by atoms with E-state index in [1.807, 2.05) is 19.0 Å². The third-order valence-corrected chi connectivity index (χ3v) is 2.70. The van der Waals surface area contributed by atoms with Gasteiger partial charge in [0.1, 0.15) is 0 Å². The molecular weight excluding hydrogens is 184 g/mol. The van der Waals surface area contributed by atoms with E-state index in [9.17, 15) is 0 Å². The first-order valence-electron chi connectivity index (χ1n) is 4.42. The van der Waals surface area contributed by atoms with Gasteiger partial charge in [0.05, 0.1) is 0 Å². The highest BCUT2D eigenvalue weighted by atomic mass is 32.2. The molecule has 5 heteroatoms. The topological polar surface area (TPSA) is 53.6 Å². The highest BCUT2D eigenvalue weighted by Gasteiger charge is 2.04. The first-order chi connectivity index (χ1) is 6.11. The summed E-state index contributed by atoms with van der Waals surface area (Å²) in [6.45, 7) is 2.15. The van der Waals surface area contributed by atoms with Gasteiger partial charge >= 0.3 is 0 Å². The second-order valence-corrected chi connectivity index (χ2v) is 3.95. The second-order valence-electron chi connectivity index (χ2n) is 2.89. The van der Waals surface area contributed by atoms with Crippen LogP contribution in [0.3, 0.4) is 0 Å². The van der Waals surface area contributed by atoms with Crippen molar-refractivity contribution >= 4 is 16.9 Å². The number of hydrogen-bond donors (Lipinski definition) is 2. The van der Waals surface area contributed by atoms with Gasteiger partial charge < -0.3 is 4.90 Å². The van der Waals surface area contributed by atoms with Crippen LogP contribution in [0.1, 0.15) is 13.3 Å². The van der Waals surface area contributed by atoms with Gasteiger partial charge in [0, 0.05) is 19.8 Å². The summed E-state index contributed by atoms with van der Waals surface area (Å²) in [7, 11) is 5.75. The van der Waals surface area contributed by atoms with Crippen molar-refractivity contribution in [1.82, 2.24) is 10.2 Å². The molecule has 0 aromatic rings. The maximum atomic E-state index is 5.64. The van der Waals surface area contributed by atoms with Crippen LogP contribution in [-0.2, 0) is 0 Å². The Morgan fingerprint density at radius 2 is 2.23 bits per heavy atom. The molecule has 3 N–H and O–H groups in total. The molecule has 1 atom stereocenters. The lowest BCUT2D eigenvalue weighted by molar-refractivity contribution is 0.579. The molecule has 0 bridgehead atoms. The van der Waals surface area contributed by atoms with Gasteiger partial charge in [-0.05, 0) is 13.5 Å². The van der Waals surface area contributed by atoms with Crippen molar-refractivity contribution in [1.29, 1.82) is 0 Å². The molecule has 0 aliphatic rings. The Morgan fingerprint density at radius 1 is 1.62 bits per heavy atom. The number of nitrogens with zero attached hydrogens (tertiary/aromatic N) is 2. The molecule has 0 fully saturated rings. The summed E-state index contributed by atoms with van der Waals surface area (Å²) in [6.07, 6.45) is 0.841. The zero-order chi connectivity index (χ0) is 10.3. The van der Waals surface area contributed by atoms with E-state index in [0.29, 0.717) is 0 Å². The predicted octanol–water partition coefficient (Wildman–Crippen LogP) is 0.509. The van der Waals surface area contributed by atoms with Gasteiger partial charge in [-0.3, -0.25) is 11.1 Å². The van der Waals surface area contributed by atoms with Crippen LogP contribution in [-0.4, -0.2) is 43.3 Å². The molecule has 0 heterocycles. The van der Waals surface area contributed by atoms with Crippen LogP contribution in [0.25, 0.3) is 0 Å². The van der Waals surface area contributed by atoms with E-state index in [4.69, 9.17) is 5.73 Å². The average molecular weight is 204 g/mol. The van der Waals surface area contributed by atoms with Crippen molar-refractivity contribution in [3.05, 3.63) is 0 Å². The summed E-state index contributed by atoms with van der Waals surface area (Å²) < 4.78 is 0. The SMILES string of the molecule is CCCSC(=NC(N)NC)N(C)C. The molecule has 0 aromatic heterocycles. The highest BCUT2D eigenvalue weighted by Crippen LogP contribution is 2.08. The third-order valence-electron chi connectivity index (χ3n) is 1.36. The van der Waals surface area contributed by atoms with E-state index in [2.05, 4.69) is 17.2 Å². The van der Waals surface area contributed by atoms with Gasteiger partial charge in [-0.1, -0.05) is 18.7 Å². The lowest BCUT2D eigenvalue weighted by Gasteiger charge is -2.16. The Morgan fingerprint density at radius 3 is 2.62 bits per heavy atom. The summed E-state index contributed by atoms with van der Waals surface area (Å²) in [5.74, 6) is 1.08. The molecule has 0 saturated heterocycles. The number of hydrogen-bond acceptors (Lipinski definition) is 4. The van der Waals surface area contributed by atoms with E-state index < -0.39 is 0 Å². The van der Waals surface area contributed by atoms with Crippen LogP contribution >= 0.6 is 11.8 Å². The summed E-state index contributed by atoms with van der Waals surface area (Å²) >= 11 is 1.73. The van der Waals surface area contributed by atoms with Crippen molar-refractivity contribution in [3.63, 3.8) is 0 Å². The number of aliphatic imine (C=N–C) groups is 1. The number of rotatable bonds is 4. The lowest BCUT2D eigenvalue weighted by Crippen LogP contribution is -2.35. The molecule has 0 aromatic carbocycles. The first-order valence-corrected chi connectivity index (χ1v) is 5.41. The van der Waals surface area contributed by atoms with Gasteiger partial charge in [0.25, 0.3) is 0 Å². The van der Waals surface area contributed by atoms with Crippen molar-refractivity contribution in [2.75, 3.05) is 26.9 Å². The van der Waals surface area contributed by atoms with Crippen LogP contribution in [0.2, 0.25) is 0 Å². The zero-order valence-corrected chi connectivity index (χ0v) is 9.69. The molecular formula is C8H20N4S. The van der Waals surface area contributed by atoms with E-state index in [1.165, 1.54) is 0 Å². The number of amidine groups is 1. The molecule has 0 radical (unpaired) electrons. The maximum absolute atomic E-state index is 5.64. The Hall–Kier alpha value is -0.260. The molecule has 1 unspecified atom stereocenters. The van der Waals surface area contributed by atoms with Gasteiger partial charge in [0.15, 0.2) is 11.5 Å². The van der Waals surface area contributed by atoms with Gasteiger partial charge in [0.2, 0.25) is 0 Å². The normalized spacial score (nSPS) is 14.4. The van der Waals surface area contributed by atoms with Crippen molar-refractivity contribution < 1.29 is 0 Å². The maximum Gasteiger partial charge on any atom is 0.161 e. The van der Waals surface area contributed by atoms with Crippen LogP contribution in [0.4, 0.5) is 0 Å².